The van der Waals surface area contributed by atoms with Crippen molar-refractivity contribution in [1.82, 2.24) is 0 Å². The lowest BCUT2D eigenvalue weighted by Crippen LogP contribution is -2.06. The van der Waals surface area contributed by atoms with E-state index in [4.69, 9.17) is 15.2 Å². The number of hydrogen-bond donors (Lipinski definition) is 1. The molecular formula is C12H19NO2. The van der Waals surface area contributed by atoms with Crippen molar-refractivity contribution in [2.45, 2.75) is 20.3 Å². The molecule has 1 aromatic rings. The van der Waals surface area contributed by atoms with Crippen LogP contribution in [0.2, 0.25) is 0 Å². The van der Waals surface area contributed by atoms with Gasteiger partial charge in [0.2, 0.25) is 0 Å². The van der Waals surface area contributed by atoms with Crippen LogP contribution in [-0.2, 0) is 6.42 Å². The summed E-state index contributed by atoms with van der Waals surface area (Å²) in [7, 11) is 3.37. The van der Waals surface area contributed by atoms with Crippen molar-refractivity contribution in [3.8, 4) is 11.5 Å². The van der Waals surface area contributed by atoms with Crippen LogP contribution in [0.5, 0.6) is 11.5 Å². The standard InChI is InChI=1S/C12H19NO2/c1-8-9(2)12(15-4)10(5-6-13)7-11(8)14-3/h7H,5-6,13H2,1-4H3. The topological polar surface area (TPSA) is 44.5 Å². The van der Waals surface area contributed by atoms with Gasteiger partial charge in [0.05, 0.1) is 14.2 Å². The average Bonchev–Trinajstić information content (AvgIpc) is 2.24. The van der Waals surface area contributed by atoms with E-state index in [-0.39, 0.29) is 0 Å². The van der Waals surface area contributed by atoms with Crippen molar-refractivity contribution >= 4 is 0 Å². The molecular weight excluding hydrogens is 190 g/mol. The second kappa shape index (κ2) is 5.03. The summed E-state index contributed by atoms with van der Waals surface area (Å²) in [4.78, 5) is 0. The second-order valence-corrected chi connectivity index (χ2v) is 3.56. The van der Waals surface area contributed by atoms with Crippen molar-refractivity contribution in [2.24, 2.45) is 5.73 Å². The van der Waals surface area contributed by atoms with Gasteiger partial charge in [0.25, 0.3) is 0 Å². The van der Waals surface area contributed by atoms with Crippen LogP contribution in [0.3, 0.4) is 0 Å². The highest BCUT2D eigenvalue weighted by Gasteiger charge is 2.12. The fourth-order valence-corrected chi connectivity index (χ4v) is 1.77. The normalized spacial score (nSPS) is 10.2. The van der Waals surface area contributed by atoms with Gasteiger partial charge in [0.1, 0.15) is 11.5 Å². The summed E-state index contributed by atoms with van der Waals surface area (Å²) in [6.07, 6.45) is 0.806. The van der Waals surface area contributed by atoms with Crippen molar-refractivity contribution in [3.05, 3.63) is 22.8 Å². The van der Waals surface area contributed by atoms with E-state index in [1.54, 1.807) is 14.2 Å². The first-order chi connectivity index (χ1) is 7.15. The summed E-state index contributed by atoms with van der Waals surface area (Å²) >= 11 is 0. The van der Waals surface area contributed by atoms with Gasteiger partial charge < -0.3 is 15.2 Å². The Kier molecular flexibility index (Phi) is 3.97. The van der Waals surface area contributed by atoms with E-state index in [2.05, 4.69) is 0 Å². The first-order valence-electron chi connectivity index (χ1n) is 5.06. The molecule has 0 saturated heterocycles. The SMILES string of the molecule is COc1cc(CCN)c(OC)c(C)c1C. The second-order valence-electron chi connectivity index (χ2n) is 3.56. The minimum Gasteiger partial charge on any atom is -0.496 e. The van der Waals surface area contributed by atoms with Crippen LogP contribution >= 0.6 is 0 Å². The van der Waals surface area contributed by atoms with Crippen LogP contribution in [0.4, 0.5) is 0 Å². The van der Waals surface area contributed by atoms with Crippen molar-refractivity contribution in [1.29, 1.82) is 0 Å². The molecule has 0 aromatic heterocycles. The highest BCUT2D eigenvalue weighted by Crippen LogP contribution is 2.33. The van der Waals surface area contributed by atoms with Crippen LogP contribution in [0.1, 0.15) is 16.7 Å². The maximum atomic E-state index is 5.57. The van der Waals surface area contributed by atoms with Gasteiger partial charge in [-0.3, -0.25) is 0 Å². The Morgan fingerprint density at radius 3 is 2.27 bits per heavy atom. The summed E-state index contributed by atoms with van der Waals surface area (Å²) in [5.74, 6) is 1.83. The van der Waals surface area contributed by atoms with Crippen LogP contribution in [0.25, 0.3) is 0 Å². The maximum absolute atomic E-state index is 5.57. The third-order valence-electron chi connectivity index (χ3n) is 2.71. The molecule has 2 N–H and O–H groups in total. The van der Waals surface area contributed by atoms with Gasteiger partial charge in [0, 0.05) is 0 Å². The number of benzene rings is 1. The highest BCUT2D eigenvalue weighted by molar-refractivity contribution is 5.52. The molecule has 0 amide bonds. The van der Waals surface area contributed by atoms with Crippen LogP contribution in [0.15, 0.2) is 6.07 Å². The van der Waals surface area contributed by atoms with Crippen LogP contribution < -0.4 is 15.2 Å². The monoisotopic (exact) mass is 209 g/mol. The average molecular weight is 209 g/mol. The summed E-state index contributed by atoms with van der Waals surface area (Å²) in [5.41, 5.74) is 8.92. The molecule has 3 heteroatoms. The number of rotatable bonds is 4. The van der Waals surface area contributed by atoms with Gasteiger partial charge in [-0.2, -0.15) is 0 Å². The molecule has 0 aliphatic heterocycles. The van der Waals surface area contributed by atoms with E-state index in [9.17, 15) is 0 Å². The molecule has 3 nitrogen and oxygen atoms in total. The molecule has 84 valence electrons. The molecule has 15 heavy (non-hydrogen) atoms. The molecule has 0 radical (unpaired) electrons. The van der Waals surface area contributed by atoms with E-state index in [1.165, 1.54) is 0 Å². The van der Waals surface area contributed by atoms with Crippen molar-refractivity contribution in [3.63, 3.8) is 0 Å². The third-order valence-corrected chi connectivity index (χ3v) is 2.71. The first kappa shape index (κ1) is 11.9. The summed E-state index contributed by atoms with van der Waals surface area (Å²) in [5, 5.41) is 0. The predicted octanol–water partition coefficient (Wildman–Crippen LogP) is 1.82. The minimum absolute atomic E-state index is 0.613. The minimum atomic E-state index is 0.613. The Hall–Kier alpha value is -1.22. The predicted molar refractivity (Wildman–Crippen MR) is 61.8 cm³/mol. The first-order valence-corrected chi connectivity index (χ1v) is 5.06. The van der Waals surface area contributed by atoms with Crippen LogP contribution in [-0.4, -0.2) is 20.8 Å². The lowest BCUT2D eigenvalue weighted by molar-refractivity contribution is 0.393. The number of nitrogens with two attached hydrogens (primary N) is 1. The van der Waals surface area contributed by atoms with Gasteiger partial charge in [-0.25, -0.2) is 0 Å². The molecule has 0 fully saturated rings. The fraction of sp³-hybridized carbons (Fsp3) is 0.500. The molecule has 0 spiro atoms. The van der Waals surface area contributed by atoms with E-state index in [1.807, 2.05) is 19.9 Å². The zero-order valence-electron chi connectivity index (χ0n) is 9.89. The molecule has 0 saturated carbocycles. The molecule has 0 atom stereocenters. The van der Waals surface area contributed by atoms with Gasteiger partial charge in [0.15, 0.2) is 0 Å². The number of hydrogen-bond acceptors (Lipinski definition) is 3. The smallest absolute Gasteiger partial charge is 0.125 e. The molecule has 0 unspecified atom stereocenters. The van der Waals surface area contributed by atoms with Gasteiger partial charge in [-0.05, 0) is 49.6 Å². The number of methoxy groups -OCH3 is 2. The lowest BCUT2D eigenvalue weighted by Gasteiger charge is -2.16. The Balaban J connectivity index is 3.30. The molecule has 0 aliphatic carbocycles. The summed E-state index contributed by atoms with van der Waals surface area (Å²) in [6.45, 7) is 4.68. The summed E-state index contributed by atoms with van der Waals surface area (Å²) in [6, 6.07) is 2.01. The fourth-order valence-electron chi connectivity index (χ4n) is 1.77. The van der Waals surface area contributed by atoms with E-state index in [0.717, 1.165) is 34.6 Å². The Bertz CT molecular complexity index is 348. The molecule has 0 bridgehead atoms. The molecule has 0 aliphatic rings. The quantitative estimate of drug-likeness (QED) is 0.822. The van der Waals surface area contributed by atoms with Crippen LogP contribution in [0, 0.1) is 13.8 Å². The van der Waals surface area contributed by atoms with Crippen molar-refractivity contribution in [2.75, 3.05) is 20.8 Å². The molecule has 1 aromatic carbocycles. The van der Waals surface area contributed by atoms with Gasteiger partial charge in [-0.15, -0.1) is 0 Å². The Labute approximate surface area is 91.2 Å². The van der Waals surface area contributed by atoms with Gasteiger partial charge >= 0.3 is 0 Å². The maximum Gasteiger partial charge on any atom is 0.125 e. The third kappa shape index (κ3) is 2.23. The largest absolute Gasteiger partial charge is 0.496 e. The van der Waals surface area contributed by atoms with Gasteiger partial charge in [-0.1, -0.05) is 0 Å². The highest BCUT2D eigenvalue weighted by atomic mass is 16.5. The molecule has 1 rings (SSSR count). The Morgan fingerprint density at radius 1 is 1.13 bits per heavy atom. The van der Waals surface area contributed by atoms with E-state index >= 15 is 0 Å². The van der Waals surface area contributed by atoms with E-state index in [0.29, 0.717) is 6.54 Å². The number of ether oxygens (including phenoxy) is 2. The Morgan fingerprint density at radius 2 is 1.80 bits per heavy atom. The van der Waals surface area contributed by atoms with Crippen molar-refractivity contribution < 1.29 is 9.47 Å². The zero-order chi connectivity index (χ0) is 11.4. The summed E-state index contributed by atoms with van der Waals surface area (Å²) < 4.78 is 10.7. The molecule has 0 heterocycles. The zero-order valence-corrected chi connectivity index (χ0v) is 9.89. The van der Waals surface area contributed by atoms with E-state index < -0.39 is 0 Å². The lowest BCUT2D eigenvalue weighted by atomic mass is 10.0.